The summed E-state index contributed by atoms with van der Waals surface area (Å²) in [6.07, 6.45) is 3.19. The average Bonchev–Trinajstić information content (AvgIpc) is 3.55. The lowest BCUT2D eigenvalue weighted by Gasteiger charge is -2.31. The number of carbonyl (C=O) groups is 2. The van der Waals surface area contributed by atoms with Gasteiger partial charge in [-0.15, -0.1) is 0 Å². The highest BCUT2D eigenvalue weighted by Gasteiger charge is 2.43. The van der Waals surface area contributed by atoms with Crippen LogP contribution in [0.4, 0.5) is 0 Å². The van der Waals surface area contributed by atoms with Crippen LogP contribution < -0.4 is 18.9 Å². The minimum atomic E-state index is -0.350. The molecule has 2 fully saturated rings. The lowest BCUT2D eigenvalue weighted by atomic mass is 9.86. The van der Waals surface area contributed by atoms with Crippen molar-refractivity contribution in [1.82, 2.24) is 9.80 Å². The average molecular weight is 467 g/mol. The van der Waals surface area contributed by atoms with Crippen LogP contribution in [-0.2, 0) is 4.79 Å². The molecule has 2 aromatic carbocycles. The molecule has 5 rings (SSSR count). The van der Waals surface area contributed by atoms with Gasteiger partial charge in [0.15, 0.2) is 11.5 Å². The minimum absolute atomic E-state index is 0.107. The van der Waals surface area contributed by atoms with E-state index in [0.29, 0.717) is 41.7 Å². The third kappa shape index (κ3) is 4.13. The molecule has 2 amide bonds. The molecular weight excluding hydrogens is 436 g/mol. The highest BCUT2D eigenvalue weighted by Crippen LogP contribution is 2.41. The Hall–Kier alpha value is -3.42. The molecule has 3 aliphatic heterocycles. The fourth-order valence-electron chi connectivity index (χ4n) is 5.23. The Balaban J connectivity index is 1.47. The molecule has 0 spiro atoms. The summed E-state index contributed by atoms with van der Waals surface area (Å²) in [6, 6.07) is 10.8. The van der Waals surface area contributed by atoms with Gasteiger partial charge < -0.3 is 28.7 Å². The molecule has 2 aromatic rings. The van der Waals surface area contributed by atoms with Crippen LogP contribution in [0.3, 0.4) is 0 Å². The number of nitrogens with zero attached hydrogens (tertiary/aromatic N) is 2. The molecule has 0 radical (unpaired) electrons. The van der Waals surface area contributed by atoms with Crippen molar-refractivity contribution in [3.05, 3.63) is 47.5 Å². The van der Waals surface area contributed by atoms with E-state index in [-0.39, 0.29) is 30.4 Å². The summed E-state index contributed by atoms with van der Waals surface area (Å²) >= 11 is 0. The lowest BCUT2D eigenvalue weighted by molar-refractivity contribution is -0.136. The Morgan fingerprint density at radius 3 is 2.44 bits per heavy atom. The molecular formula is C26H30N2O6. The van der Waals surface area contributed by atoms with Crippen LogP contribution in [-0.4, -0.2) is 68.8 Å². The topological polar surface area (TPSA) is 77.5 Å². The molecule has 0 N–H and O–H groups in total. The Kier molecular flexibility index (Phi) is 6.22. The van der Waals surface area contributed by atoms with Crippen LogP contribution in [0, 0.1) is 5.92 Å². The molecule has 34 heavy (non-hydrogen) atoms. The first-order chi connectivity index (χ1) is 16.6. The number of benzene rings is 2. The summed E-state index contributed by atoms with van der Waals surface area (Å²) in [5, 5.41) is 0. The molecule has 3 aliphatic rings. The van der Waals surface area contributed by atoms with Gasteiger partial charge in [0.05, 0.1) is 20.1 Å². The Bertz CT molecular complexity index is 1080. The maximum Gasteiger partial charge on any atom is 0.254 e. The van der Waals surface area contributed by atoms with Gasteiger partial charge in [-0.1, -0.05) is 0 Å². The number of methoxy groups -OCH3 is 2. The molecule has 2 saturated heterocycles. The summed E-state index contributed by atoms with van der Waals surface area (Å²) < 4.78 is 21.9. The summed E-state index contributed by atoms with van der Waals surface area (Å²) in [6.45, 7) is 2.47. The van der Waals surface area contributed by atoms with Crippen molar-refractivity contribution in [2.75, 3.05) is 47.2 Å². The van der Waals surface area contributed by atoms with E-state index in [1.165, 1.54) is 0 Å². The first-order valence-corrected chi connectivity index (χ1v) is 11.8. The van der Waals surface area contributed by atoms with Crippen molar-refractivity contribution in [2.45, 2.75) is 25.2 Å². The molecule has 180 valence electrons. The van der Waals surface area contributed by atoms with Crippen molar-refractivity contribution in [1.29, 1.82) is 0 Å². The van der Waals surface area contributed by atoms with Gasteiger partial charge in [0.25, 0.3) is 5.91 Å². The van der Waals surface area contributed by atoms with E-state index < -0.39 is 0 Å². The number of piperidine rings is 1. The van der Waals surface area contributed by atoms with E-state index in [1.807, 2.05) is 23.1 Å². The fraction of sp³-hybridized carbons (Fsp3) is 0.462. The van der Waals surface area contributed by atoms with Gasteiger partial charge in [-0.3, -0.25) is 9.59 Å². The van der Waals surface area contributed by atoms with E-state index in [9.17, 15) is 9.59 Å². The van der Waals surface area contributed by atoms with Gasteiger partial charge >= 0.3 is 0 Å². The predicted octanol–water partition coefficient (Wildman–Crippen LogP) is 3.30. The normalized spacial score (nSPS) is 21.5. The van der Waals surface area contributed by atoms with E-state index in [0.717, 1.165) is 37.9 Å². The third-order valence-corrected chi connectivity index (χ3v) is 7.05. The van der Waals surface area contributed by atoms with E-state index in [4.69, 9.17) is 18.9 Å². The summed E-state index contributed by atoms with van der Waals surface area (Å²) in [4.78, 5) is 30.9. The molecule has 0 bridgehead atoms. The lowest BCUT2D eigenvalue weighted by Crippen LogP contribution is -2.42. The predicted molar refractivity (Wildman–Crippen MR) is 125 cm³/mol. The number of amides is 2. The maximum absolute atomic E-state index is 13.7. The van der Waals surface area contributed by atoms with Crippen LogP contribution in [0.1, 0.15) is 41.1 Å². The number of hydrogen-bond donors (Lipinski definition) is 0. The fourth-order valence-corrected chi connectivity index (χ4v) is 5.23. The van der Waals surface area contributed by atoms with Crippen molar-refractivity contribution in [2.24, 2.45) is 5.92 Å². The Morgan fingerprint density at radius 1 is 0.882 bits per heavy atom. The number of fused-ring (bicyclic) bond motifs is 1. The molecule has 0 saturated carbocycles. The second-order valence-electron chi connectivity index (χ2n) is 8.98. The van der Waals surface area contributed by atoms with Crippen molar-refractivity contribution in [3.63, 3.8) is 0 Å². The van der Waals surface area contributed by atoms with Gasteiger partial charge in [0, 0.05) is 43.2 Å². The second kappa shape index (κ2) is 9.44. The van der Waals surface area contributed by atoms with Crippen LogP contribution in [0.5, 0.6) is 23.0 Å². The first-order valence-electron chi connectivity index (χ1n) is 11.8. The molecule has 0 aliphatic carbocycles. The zero-order valence-corrected chi connectivity index (χ0v) is 19.6. The van der Waals surface area contributed by atoms with Crippen LogP contribution >= 0.6 is 0 Å². The summed E-state index contributed by atoms with van der Waals surface area (Å²) in [5.41, 5.74) is 1.41. The van der Waals surface area contributed by atoms with Gasteiger partial charge in [-0.25, -0.2) is 0 Å². The standard InChI is InChI=1S/C26H30N2O6/c1-31-18-7-9-22(32-2)19(13-18)20-14-28(15-21(20)26(30)27-10-4-3-5-11-27)25(29)17-6-8-23-24(12-17)34-16-33-23/h6-9,12-13,20-21H,3-5,10-11,14-16H2,1-2H3. The quantitative estimate of drug-likeness (QED) is 0.673. The van der Waals surface area contributed by atoms with Gasteiger partial charge in [0.1, 0.15) is 11.5 Å². The second-order valence-corrected chi connectivity index (χ2v) is 8.98. The monoisotopic (exact) mass is 466 g/mol. The van der Waals surface area contributed by atoms with Crippen molar-refractivity contribution >= 4 is 11.8 Å². The molecule has 8 nitrogen and oxygen atoms in total. The Morgan fingerprint density at radius 2 is 1.68 bits per heavy atom. The molecule has 8 heteroatoms. The van der Waals surface area contributed by atoms with Crippen LogP contribution in [0.25, 0.3) is 0 Å². The number of ether oxygens (including phenoxy) is 4. The smallest absolute Gasteiger partial charge is 0.254 e. The van der Waals surface area contributed by atoms with E-state index in [1.54, 1.807) is 37.3 Å². The highest BCUT2D eigenvalue weighted by molar-refractivity contribution is 5.96. The largest absolute Gasteiger partial charge is 0.497 e. The summed E-state index contributed by atoms with van der Waals surface area (Å²) in [7, 11) is 3.24. The number of likely N-dealkylation sites (tertiary alicyclic amines) is 2. The SMILES string of the molecule is COc1ccc(OC)c(C2CN(C(=O)c3ccc4c(c3)OCO4)CC2C(=O)N2CCCCC2)c1. The minimum Gasteiger partial charge on any atom is -0.497 e. The number of rotatable bonds is 5. The van der Waals surface area contributed by atoms with Gasteiger partial charge in [0.2, 0.25) is 12.7 Å². The zero-order chi connectivity index (χ0) is 23.7. The first kappa shape index (κ1) is 22.4. The van der Waals surface area contributed by atoms with Crippen molar-refractivity contribution < 1.29 is 28.5 Å². The maximum atomic E-state index is 13.7. The molecule has 0 aromatic heterocycles. The molecule has 2 unspecified atom stereocenters. The molecule has 2 atom stereocenters. The number of carbonyl (C=O) groups excluding carboxylic acids is 2. The third-order valence-electron chi connectivity index (χ3n) is 7.05. The number of hydrogen-bond acceptors (Lipinski definition) is 6. The van der Waals surface area contributed by atoms with Gasteiger partial charge in [-0.05, 0) is 55.7 Å². The van der Waals surface area contributed by atoms with Crippen LogP contribution in [0.2, 0.25) is 0 Å². The van der Waals surface area contributed by atoms with Crippen LogP contribution in [0.15, 0.2) is 36.4 Å². The highest BCUT2D eigenvalue weighted by atomic mass is 16.7. The van der Waals surface area contributed by atoms with Gasteiger partial charge in [-0.2, -0.15) is 0 Å². The molecule has 3 heterocycles. The van der Waals surface area contributed by atoms with E-state index in [2.05, 4.69) is 0 Å². The van der Waals surface area contributed by atoms with E-state index >= 15 is 0 Å². The van der Waals surface area contributed by atoms with Crippen molar-refractivity contribution in [3.8, 4) is 23.0 Å². The summed E-state index contributed by atoms with van der Waals surface area (Å²) in [5.74, 6) is 2.02. The zero-order valence-electron chi connectivity index (χ0n) is 19.6. The Labute approximate surface area is 199 Å².